The Balaban J connectivity index is 0. The molecule has 1 aromatic rings. The van der Waals surface area contributed by atoms with Gasteiger partial charge in [0.1, 0.15) is 4.90 Å². The van der Waals surface area contributed by atoms with E-state index < -0.39 is 27.0 Å². The maximum absolute atomic E-state index is 11.8. The summed E-state index contributed by atoms with van der Waals surface area (Å²) in [5, 5.41) is 0. The van der Waals surface area contributed by atoms with Crippen molar-refractivity contribution in [3.8, 4) is 0 Å². The zero-order valence-corrected chi connectivity index (χ0v) is 16.2. The zero-order chi connectivity index (χ0) is 16.8. The molecule has 0 heterocycles. The number of esters is 2. The van der Waals surface area contributed by atoms with E-state index in [0.717, 1.165) is 12.1 Å². The fourth-order valence-corrected chi connectivity index (χ4v) is 2.29. The monoisotopic (exact) mass is 354 g/mol. The fourth-order valence-electron chi connectivity index (χ4n) is 1.58. The molecule has 1 rings (SSSR count). The van der Waals surface area contributed by atoms with Crippen LogP contribution in [0.3, 0.4) is 0 Å². The van der Waals surface area contributed by atoms with Crippen molar-refractivity contribution in [3.05, 3.63) is 29.3 Å². The van der Waals surface area contributed by atoms with Crippen molar-refractivity contribution in [2.45, 2.75) is 31.6 Å². The molecule has 124 valence electrons. The van der Waals surface area contributed by atoms with E-state index in [2.05, 4.69) is 0 Å². The van der Waals surface area contributed by atoms with Crippen molar-refractivity contribution in [1.82, 2.24) is 0 Å². The molecule has 1 aromatic carbocycles. The average molecular weight is 354 g/mol. The first-order chi connectivity index (χ1) is 10.3. The minimum atomic E-state index is -4.69. The van der Waals surface area contributed by atoms with Crippen LogP contribution in [0.15, 0.2) is 23.1 Å². The molecule has 0 aliphatic carbocycles. The number of carbonyl (C=O) groups excluding carboxylic acids is 2. The summed E-state index contributed by atoms with van der Waals surface area (Å²) in [5.41, 5.74) is -0.406. The summed E-state index contributed by atoms with van der Waals surface area (Å²) in [5.74, 6) is -1.62. The smallest absolute Gasteiger partial charge is 1.00 e. The maximum Gasteiger partial charge on any atom is 1.00 e. The molecular weight excluding hydrogens is 335 g/mol. The van der Waals surface area contributed by atoms with Gasteiger partial charge in [-0.05, 0) is 31.0 Å². The normalized spacial score (nSPS) is 10.6. The molecule has 23 heavy (non-hydrogen) atoms. The van der Waals surface area contributed by atoms with Gasteiger partial charge in [-0.15, -0.1) is 0 Å². The molecule has 0 atom stereocenters. The second kappa shape index (κ2) is 10.0. The van der Waals surface area contributed by atoms with Gasteiger partial charge in [0.2, 0.25) is 0 Å². The molecule has 0 saturated heterocycles. The van der Waals surface area contributed by atoms with E-state index in [1.807, 2.05) is 6.92 Å². The van der Waals surface area contributed by atoms with Crippen LogP contribution in [0.5, 0.6) is 0 Å². The van der Waals surface area contributed by atoms with Gasteiger partial charge in [-0.25, -0.2) is 9.59 Å². The largest absolute Gasteiger partial charge is 1.00 e. The molecule has 0 unspecified atom stereocenters. The van der Waals surface area contributed by atoms with Crippen molar-refractivity contribution < 1.29 is 63.0 Å². The number of ether oxygens (including phenoxy) is 2. The van der Waals surface area contributed by atoms with Gasteiger partial charge in [0.15, 0.2) is 0 Å². The molecule has 0 aliphatic heterocycles. The predicted molar refractivity (Wildman–Crippen MR) is 78.5 cm³/mol. The van der Waals surface area contributed by atoms with E-state index in [4.69, 9.17) is 9.47 Å². The van der Waals surface area contributed by atoms with Crippen LogP contribution < -0.4 is 29.6 Å². The minimum Gasteiger partial charge on any atom is -1.00 e. The standard InChI is InChI=1S/C14H18O7S.Na.H/c1-3-7-20-13(15)10-5-6-11(14(16)21-8-4-2)12(9-10)22(17,18)19;;/h5-6,9H,3-4,7-8H2,1-2H3,(H,17,18,19);;/q;+1;-1. The Morgan fingerprint density at radius 2 is 1.61 bits per heavy atom. The molecule has 1 N–H and O–H groups in total. The van der Waals surface area contributed by atoms with Crippen molar-refractivity contribution in [2.75, 3.05) is 13.2 Å². The van der Waals surface area contributed by atoms with Crippen molar-refractivity contribution in [3.63, 3.8) is 0 Å². The Morgan fingerprint density at radius 3 is 2.09 bits per heavy atom. The average Bonchev–Trinajstić information content (AvgIpc) is 2.48. The molecule has 0 saturated carbocycles. The van der Waals surface area contributed by atoms with Crippen LogP contribution in [0.2, 0.25) is 0 Å². The fraction of sp³-hybridized carbons (Fsp3) is 0.429. The third-order valence-corrected chi connectivity index (χ3v) is 3.48. The van der Waals surface area contributed by atoms with Gasteiger partial charge < -0.3 is 10.9 Å². The van der Waals surface area contributed by atoms with E-state index >= 15 is 0 Å². The van der Waals surface area contributed by atoms with Crippen LogP contribution in [0.1, 0.15) is 48.8 Å². The van der Waals surface area contributed by atoms with E-state index in [1.165, 1.54) is 6.07 Å². The quantitative estimate of drug-likeness (QED) is 0.387. The topological polar surface area (TPSA) is 107 Å². The molecule has 9 heteroatoms. The molecule has 0 spiro atoms. The molecule has 0 aliphatic rings. The summed E-state index contributed by atoms with van der Waals surface area (Å²) in [4.78, 5) is 22.9. The van der Waals surface area contributed by atoms with Crippen LogP contribution >= 0.6 is 0 Å². The Bertz CT molecular complexity index is 661. The van der Waals surface area contributed by atoms with E-state index in [1.54, 1.807) is 6.92 Å². The van der Waals surface area contributed by atoms with Gasteiger partial charge in [0, 0.05) is 0 Å². The van der Waals surface area contributed by atoms with Gasteiger partial charge in [-0.3, -0.25) is 4.55 Å². The summed E-state index contributed by atoms with van der Waals surface area (Å²) >= 11 is 0. The molecule has 0 fully saturated rings. The number of hydrogen-bond acceptors (Lipinski definition) is 6. The first kappa shape index (κ1) is 22.1. The minimum absolute atomic E-state index is 0. The third kappa shape index (κ3) is 6.60. The predicted octanol–water partition coefficient (Wildman–Crippen LogP) is -0.817. The summed E-state index contributed by atoms with van der Waals surface area (Å²) in [6.45, 7) is 3.89. The zero-order valence-electron chi connectivity index (χ0n) is 14.4. The van der Waals surface area contributed by atoms with Gasteiger partial charge in [0.25, 0.3) is 10.1 Å². The number of rotatable bonds is 7. The molecule has 0 radical (unpaired) electrons. The van der Waals surface area contributed by atoms with Gasteiger partial charge in [-0.1, -0.05) is 13.8 Å². The molecule has 0 amide bonds. The summed E-state index contributed by atoms with van der Waals surface area (Å²) in [6.07, 6.45) is 1.17. The van der Waals surface area contributed by atoms with Crippen LogP contribution in [0.4, 0.5) is 0 Å². The van der Waals surface area contributed by atoms with Crippen molar-refractivity contribution in [2.24, 2.45) is 0 Å². The summed E-state index contributed by atoms with van der Waals surface area (Å²) in [6, 6.07) is 3.26. The van der Waals surface area contributed by atoms with Crippen LogP contribution in [-0.2, 0) is 19.6 Å². The molecule has 0 aromatic heterocycles. The third-order valence-electron chi connectivity index (χ3n) is 2.59. The number of hydrogen-bond donors (Lipinski definition) is 1. The Kier molecular flexibility index (Phi) is 9.64. The van der Waals surface area contributed by atoms with Crippen molar-refractivity contribution in [1.29, 1.82) is 0 Å². The van der Waals surface area contributed by atoms with Gasteiger partial charge >= 0.3 is 41.5 Å². The molecule has 7 nitrogen and oxygen atoms in total. The van der Waals surface area contributed by atoms with Gasteiger partial charge in [0.05, 0.1) is 24.3 Å². The van der Waals surface area contributed by atoms with Crippen LogP contribution in [0.25, 0.3) is 0 Å². The van der Waals surface area contributed by atoms with E-state index in [-0.39, 0.29) is 55.3 Å². The SMILES string of the molecule is CCCOC(=O)c1ccc(C(=O)OCCC)c(S(=O)(=O)O)c1.[H-].[Na+]. The Labute approximate surface area is 158 Å². The Hall–Kier alpha value is -0.930. The van der Waals surface area contributed by atoms with Crippen LogP contribution in [-0.4, -0.2) is 38.1 Å². The number of carbonyl (C=O) groups is 2. The summed E-state index contributed by atoms with van der Waals surface area (Å²) < 4.78 is 41.8. The second-order valence-electron chi connectivity index (χ2n) is 4.46. The van der Waals surface area contributed by atoms with E-state index in [0.29, 0.717) is 12.8 Å². The number of benzene rings is 1. The van der Waals surface area contributed by atoms with Crippen LogP contribution in [0, 0.1) is 0 Å². The first-order valence-corrected chi connectivity index (χ1v) is 8.21. The van der Waals surface area contributed by atoms with Crippen molar-refractivity contribution >= 4 is 22.1 Å². The molecular formula is C14H19NaO7S. The Morgan fingerprint density at radius 1 is 1.09 bits per heavy atom. The van der Waals surface area contributed by atoms with E-state index in [9.17, 15) is 22.6 Å². The first-order valence-electron chi connectivity index (χ1n) is 6.77. The van der Waals surface area contributed by atoms with Gasteiger partial charge in [-0.2, -0.15) is 8.42 Å². The second-order valence-corrected chi connectivity index (χ2v) is 5.85. The maximum atomic E-state index is 11.8. The molecule has 0 bridgehead atoms. The summed E-state index contributed by atoms with van der Waals surface area (Å²) in [7, 11) is -4.69.